The van der Waals surface area contributed by atoms with Crippen LogP contribution < -0.4 is 9.62 Å². The maximum absolute atomic E-state index is 14.1. The van der Waals surface area contributed by atoms with Crippen LogP contribution in [0, 0.1) is 6.92 Å². The fourth-order valence-electron chi connectivity index (χ4n) is 4.19. The Morgan fingerprint density at radius 3 is 2.12 bits per heavy atom. The maximum atomic E-state index is 14.1. The molecule has 0 aliphatic heterocycles. The van der Waals surface area contributed by atoms with Crippen LogP contribution in [-0.4, -0.2) is 43.3 Å². The van der Waals surface area contributed by atoms with Gasteiger partial charge in [-0.25, -0.2) is 8.42 Å². The first kappa shape index (κ1) is 32.7. The summed E-state index contributed by atoms with van der Waals surface area (Å²) >= 11 is 18.7. The number of carbonyl (C=O) groups is 2. The van der Waals surface area contributed by atoms with E-state index in [0.717, 1.165) is 9.87 Å². The van der Waals surface area contributed by atoms with Gasteiger partial charge in [-0.15, -0.1) is 0 Å². The maximum Gasteiger partial charge on any atom is 0.264 e. The number of hydrogen-bond donors (Lipinski definition) is 1. The average molecular weight is 639 g/mol. The zero-order valence-corrected chi connectivity index (χ0v) is 26.7. The van der Waals surface area contributed by atoms with Gasteiger partial charge in [-0.05, 0) is 81.6 Å². The predicted octanol–water partition coefficient (Wildman–Crippen LogP) is 6.87. The van der Waals surface area contributed by atoms with E-state index in [9.17, 15) is 18.0 Å². The fourth-order valence-corrected chi connectivity index (χ4v) is 6.11. The molecule has 0 bridgehead atoms. The minimum absolute atomic E-state index is 0.000327. The molecular weight excluding hydrogens is 605 g/mol. The number of benzene rings is 3. The van der Waals surface area contributed by atoms with Crippen molar-refractivity contribution in [3.05, 3.63) is 92.9 Å². The smallest absolute Gasteiger partial charge is 0.264 e. The third-order valence-electron chi connectivity index (χ3n) is 6.27. The van der Waals surface area contributed by atoms with Crippen molar-refractivity contribution in [1.82, 2.24) is 10.2 Å². The molecule has 0 aliphatic rings. The van der Waals surface area contributed by atoms with Gasteiger partial charge in [-0.2, -0.15) is 0 Å². The molecule has 0 saturated heterocycles. The molecule has 7 nitrogen and oxygen atoms in total. The molecule has 1 atom stereocenters. The quantitative estimate of drug-likeness (QED) is 0.263. The number of amides is 2. The molecule has 0 radical (unpaired) electrons. The van der Waals surface area contributed by atoms with Crippen molar-refractivity contribution in [2.75, 3.05) is 10.8 Å². The van der Waals surface area contributed by atoms with Gasteiger partial charge in [0.15, 0.2) is 0 Å². The Kier molecular flexibility index (Phi) is 10.7. The summed E-state index contributed by atoms with van der Waals surface area (Å²) in [6.45, 7) is 8.55. The van der Waals surface area contributed by atoms with Gasteiger partial charge in [-0.1, -0.05) is 72.1 Å². The number of hydrogen-bond acceptors (Lipinski definition) is 4. The van der Waals surface area contributed by atoms with Crippen LogP contribution in [0.1, 0.15) is 45.2 Å². The lowest BCUT2D eigenvalue weighted by Crippen LogP contribution is -2.55. The van der Waals surface area contributed by atoms with E-state index in [1.807, 2.05) is 20.8 Å². The molecule has 0 saturated carbocycles. The SMILES string of the molecule is CCC(C(=O)NC(C)(C)C)N(Cc1ccc(Cl)c(Cl)c1)C(=O)CN(c1ccc(C)c(Cl)c1)S(=O)(=O)c1ccccc1. The number of aryl methyl sites for hydroxylation is 1. The number of sulfonamides is 1. The van der Waals surface area contributed by atoms with Crippen molar-refractivity contribution >= 4 is 62.3 Å². The van der Waals surface area contributed by atoms with Crippen LogP contribution in [0.5, 0.6) is 0 Å². The van der Waals surface area contributed by atoms with Gasteiger partial charge in [0.1, 0.15) is 12.6 Å². The van der Waals surface area contributed by atoms with Gasteiger partial charge < -0.3 is 10.2 Å². The van der Waals surface area contributed by atoms with E-state index in [2.05, 4.69) is 5.32 Å². The monoisotopic (exact) mass is 637 g/mol. The highest BCUT2D eigenvalue weighted by Gasteiger charge is 2.34. The largest absolute Gasteiger partial charge is 0.350 e. The van der Waals surface area contributed by atoms with Crippen molar-refractivity contribution in [1.29, 1.82) is 0 Å². The Balaban J connectivity index is 2.10. The van der Waals surface area contributed by atoms with Crippen LogP contribution in [0.3, 0.4) is 0 Å². The first-order chi connectivity index (χ1) is 19.1. The summed E-state index contributed by atoms with van der Waals surface area (Å²) in [5, 5.41) is 3.94. The summed E-state index contributed by atoms with van der Waals surface area (Å²) in [6, 6.07) is 16.7. The average Bonchev–Trinajstić information content (AvgIpc) is 2.90. The van der Waals surface area contributed by atoms with E-state index in [1.54, 1.807) is 62.4 Å². The summed E-state index contributed by atoms with van der Waals surface area (Å²) < 4.78 is 28.8. The topological polar surface area (TPSA) is 86.8 Å². The Hall–Kier alpha value is -2.78. The molecule has 3 rings (SSSR count). The Bertz CT molecular complexity index is 1510. The van der Waals surface area contributed by atoms with E-state index in [-0.39, 0.29) is 29.5 Å². The van der Waals surface area contributed by atoms with E-state index in [4.69, 9.17) is 34.8 Å². The van der Waals surface area contributed by atoms with Crippen LogP contribution in [0.15, 0.2) is 71.6 Å². The van der Waals surface area contributed by atoms with E-state index >= 15 is 0 Å². The second-order valence-corrected chi connectivity index (χ2v) is 13.8. The van der Waals surface area contributed by atoms with Gasteiger partial charge in [0.05, 0.1) is 20.6 Å². The van der Waals surface area contributed by atoms with Crippen LogP contribution in [0.25, 0.3) is 0 Å². The third kappa shape index (κ3) is 8.38. The second-order valence-electron chi connectivity index (χ2n) is 10.7. The van der Waals surface area contributed by atoms with Crippen molar-refractivity contribution in [2.45, 2.75) is 64.1 Å². The zero-order chi connectivity index (χ0) is 30.5. The molecule has 1 unspecified atom stereocenters. The molecule has 0 aliphatic carbocycles. The molecule has 3 aromatic rings. The zero-order valence-electron chi connectivity index (χ0n) is 23.6. The normalized spacial score (nSPS) is 12.5. The highest BCUT2D eigenvalue weighted by atomic mass is 35.5. The molecule has 0 aromatic heterocycles. The van der Waals surface area contributed by atoms with Gasteiger partial charge in [0.2, 0.25) is 11.8 Å². The number of anilines is 1. The summed E-state index contributed by atoms with van der Waals surface area (Å²) in [4.78, 5) is 28.9. The van der Waals surface area contributed by atoms with E-state index in [1.165, 1.54) is 23.1 Å². The molecule has 3 aromatic carbocycles. The summed E-state index contributed by atoms with van der Waals surface area (Å²) in [5.74, 6) is -0.938. The van der Waals surface area contributed by atoms with Crippen molar-refractivity contribution < 1.29 is 18.0 Å². The lowest BCUT2D eigenvalue weighted by atomic mass is 10.1. The van der Waals surface area contributed by atoms with Gasteiger partial charge in [0.25, 0.3) is 10.0 Å². The first-order valence-electron chi connectivity index (χ1n) is 13.0. The first-order valence-corrected chi connectivity index (χ1v) is 15.6. The van der Waals surface area contributed by atoms with Crippen LogP contribution in [0.4, 0.5) is 5.69 Å². The Morgan fingerprint density at radius 2 is 1.56 bits per heavy atom. The second kappa shape index (κ2) is 13.5. The summed E-state index contributed by atoms with van der Waals surface area (Å²) in [7, 11) is -4.19. The fraction of sp³-hybridized carbons (Fsp3) is 0.333. The number of nitrogens with one attached hydrogen (secondary N) is 1. The third-order valence-corrected chi connectivity index (χ3v) is 9.21. The van der Waals surface area contributed by atoms with Crippen molar-refractivity contribution in [3.63, 3.8) is 0 Å². The Morgan fingerprint density at radius 1 is 0.902 bits per heavy atom. The molecule has 41 heavy (non-hydrogen) atoms. The van der Waals surface area contributed by atoms with E-state index in [0.29, 0.717) is 20.6 Å². The minimum atomic E-state index is -4.19. The molecular formula is C30H34Cl3N3O4S. The number of carbonyl (C=O) groups excluding carboxylic acids is 2. The van der Waals surface area contributed by atoms with Crippen LogP contribution in [-0.2, 0) is 26.2 Å². The predicted molar refractivity (Wildman–Crippen MR) is 166 cm³/mol. The molecule has 0 fully saturated rings. The summed E-state index contributed by atoms with van der Waals surface area (Å²) in [6.07, 6.45) is 0.288. The minimum Gasteiger partial charge on any atom is -0.350 e. The summed E-state index contributed by atoms with van der Waals surface area (Å²) in [5.41, 5.74) is 1.06. The molecule has 0 heterocycles. The van der Waals surface area contributed by atoms with Crippen molar-refractivity contribution in [2.24, 2.45) is 0 Å². The molecule has 1 N–H and O–H groups in total. The molecule has 220 valence electrons. The van der Waals surface area contributed by atoms with Crippen molar-refractivity contribution in [3.8, 4) is 0 Å². The van der Waals surface area contributed by atoms with Crippen LogP contribution >= 0.6 is 34.8 Å². The number of nitrogens with zero attached hydrogens (tertiary/aromatic N) is 2. The Labute approximate surface area is 257 Å². The molecule has 2 amide bonds. The highest BCUT2D eigenvalue weighted by Crippen LogP contribution is 2.29. The number of halogens is 3. The molecule has 0 spiro atoms. The van der Waals surface area contributed by atoms with E-state index < -0.39 is 34.1 Å². The van der Waals surface area contributed by atoms with Gasteiger partial charge >= 0.3 is 0 Å². The van der Waals surface area contributed by atoms with Crippen LogP contribution in [0.2, 0.25) is 15.1 Å². The number of rotatable bonds is 10. The van der Waals surface area contributed by atoms with Gasteiger partial charge in [-0.3, -0.25) is 13.9 Å². The van der Waals surface area contributed by atoms with Gasteiger partial charge in [0, 0.05) is 17.1 Å². The molecule has 11 heteroatoms. The lowest BCUT2D eigenvalue weighted by molar-refractivity contribution is -0.141. The lowest BCUT2D eigenvalue weighted by Gasteiger charge is -2.35. The standard InChI is InChI=1S/C30H34Cl3N3O4S/c1-6-27(29(38)34-30(3,4)5)35(18-21-13-15-24(31)26(33)16-21)28(37)19-36(22-14-12-20(2)25(32)17-22)41(39,40)23-10-8-7-9-11-23/h7-17,27H,6,18-19H2,1-5H3,(H,34,38). The highest BCUT2D eigenvalue weighted by molar-refractivity contribution is 7.92.